The van der Waals surface area contributed by atoms with Crippen LogP contribution in [0.2, 0.25) is 0 Å². The summed E-state index contributed by atoms with van der Waals surface area (Å²) in [5, 5.41) is 3.08. The Balaban J connectivity index is 1.86. The average Bonchev–Trinajstić information content (AvgIpc) is 1.96. The number of carbonyl (C=O) groups excluding carboxylic acids is 1. The van der Waals surface area contributed by atoms with E-state index in [1.54, 1.807) is 0 Å². The molecule has 3 aliphatic rings. The van der Waals surface area contributed by atoms with E-state index >= 15 is 0 Å². The van der Waals surface area contributed by atoms with Crippen molar-refractivity contribution in [2.45, 2.75) is 50.9 Å². The SMILES string of the molecule is CC(C)C(C)NC(=O)C12CC(Cl)(C1)C2. The molecule has 1 atom stereocenters. The first kappa shape index (κ1) is 10.3. The molecule has 0 aromatic rings. The van der Waals surface area contributed by atoms with E-state index in [0.717, 1.165) is 19.3 Å². The summed E-state index contributed by atoms with van der Waals surface area (Å²) in [5.74, 6) is 0.720. The molecule has 0 aromatic carbocycles. The minimum absolute atomic E-state index is 0.00158. The van der Waals surface area contributed by atoms with E-state index in [4.69, 9.17) is 11.6 Å². The summed E-state index contributed by atoms with van der Waals surface area (Å²) in [6.07, 6.45) is 2.66. The van der Waals surface area contributed by atoms with Gasteiger partial charge in [-0.2, -0.15) is 0 Å². The van der Waals surface area contributed by atoms with Gasteiger partial charge in [0.2, 0.25) is 5.91 Å². The number of carbonyl (C=O) groups is 1. The first-order valence-corrected chi connectivity index (χ1v) is 5.75. The van der Waals surface area contributed by atoms with E-state index < -0.39 is 0 Å². The monoisotopic (exact) mass is 215 g/mol. The molecule has 0 heterocycles. The zero-order valence-electron chi connectivity index (χ0n) is 9.06. The molecular formula is C11H18ClNO. The molecular weight excluding hydrogens is 198 g/mol. The number of rotatable bonds is 3. The van der Waals surface area contributed by atoms with Crippen LogP contribution in [-0.4, -0.2) is 16.8 Å². The van der Waals surface area contributed by atoms with Gasteiger partial charge in [-0.05, 0) is 32.1 Å². The molecule has 3 heteroatoms. The second-order valence-corrected chi connectivity index (χ2v) is 6.27. The molecule has 2 nitrogen and oxygen atoms in total. The van der Waals surface area contributed by atoms with E-state index in [-0.39, 0.29) is 22.2 Å². The van der Waals surface area contributed by atoms with Crippen molar-refractivity contribution in [2.24, 2.45) is 11.3 Å². The summed E-state index contributed by atoms with van der Waals surface area (Å²) < 4.78 is 0. The highest BCUT2D eigenvalue weighted by atomic mass is 35.5. The Hall–Kier alpha value is -0.240. The van der Waals surface area contributed by atoms with Crippen LogP contribution in [0, 0.1) is 11.3 Å². The summed E-state index contributed by atoms with van der Waals surface area (Å²) in [5.41, 5.74) is -0.0785. The molecule has 80 valence electrons. The zero-order chi connectivity index (χ0) is 10.6. The zero-order valence-corrected chi connectivity index (χ0v) is 9.82. The van der Waals surface area contributed by atoms with Crippen LogP contribution in [0.25, 0.3) is 0 Å². The smallest absolute Gasteiger partial charge is 0.226 e. The third-order valence-corrected chi connectivity index (χ3v) is 4.21. The van der Waals surface area contributed by atoms with Crippen molar-refractivity contribution >= 4 is 17.5 Å². The van der Waals surface area contributed by atoms with Gasteiger partial charge in [0.05, 0.1) is 5.41 Å². The first-order chi connectivity index (χ1) is 6.37. The number of amides is 1. The third-order valence-electron chi connectivity index (χ3n) is 3.81. The highest BCUT2D eigenvalue weighted by Gasteiger charge is 2.70. The third kappa shape index (κ3) is 1.35. The van der Waals surface area contributed by atoms with Gasteiger partial charge in [-0.25, -0.2) is 0 Å². The summed E-state index contributed by atoms with van der Waals surface area (Å²) in [7, 11) is 0. The van der Waals surface area contributed by atoms with Crippen LogP contribution in [0.15, 0.2) is 0 Å². The van der Waals surface area contributed by atoms with Gasteiger partial charge < -0.3 is 5.32 Å². The van der Waals surface area contributed by atoms with Crippen molar-refractivity contribution in [3.63, 3.8) is 0 Å². The molecule has 0 radical (unpaired) electrons. The van der Waals surface area contributed by atoms with E-state index in [1.807, 2.05) is 0 Å². The van der Waals surface area contributed by atoms with Gasteiger partial charge >= 0.3 is 0 Å². The molecule has 2 bridgehead atoms. The predicted molar refractivity (Wildman–Crippen MR) is 57.3 cm³/mol. The molecule has 0 saturated heterocycles. The molecule has 1 unspecified atom stereocenters. The quantitative estimate of drug-likeness (QED) is 0.720. The lowest BCUT2D eigenvalue weighted by atomic mass is 9.43. The maximum atomic E-state index is 11.9. The van der Waals surface area contributed by atoms with Gasteiger partial charge in [-0.1, -0.05) is 13.8 Å². The number of halogens is 1. The molecule has 0 spiro atoms. The number of alkyl halides is 1. The number of nitrogens with one attached hydrogen (secondary N) is 1. The van der Waals surface area contributed by atoms with Gasteiger partial charge in [0.1, 0.15) is 0 Å². The molecule has 3 saturated carbocycles. The standard InChI is InChI=1S/C11H18ClNO/c1-7(2)8(3)13-9(14)10-4-11(12,5-10)6-10/h7-8H,4-6H2,1-3H3,(H,13,14). The highest BCUT2D eigenvalue weighted by Crippen LogP contribution is 2.70. The van der Waals surface area contributed by atoms with Gasteiger partial charge in [0.25, 0.3) is 0 Å². The minimum atomic E-state index is -0.0785. The Morgan fingerprint density at radius 1 is 1.29 bits per heavy atom. The van der Waals surface area contributed by atoms with E-state index in [2.05, 4.69) is 26.1 Å². The van der Waals surface area contributed by atoms with Crippen molar-refractivity contribution in [3.05, 3.63) is 0 Å². The van der Waals surface area contributed by atoms with Gasteiger partial charge in [0.15, 0.2) is 0 Å². The van der Waals surface area contributed by atoms with Gasteiger partial charge in [-0.3, -0.25) is 4.79 Å². The van der Waals surface area contributed by atoms with E-state index in [0.29, 0.717) is 5.92 Å². The Morgan fingerprint density at radius 2 is 1.79 bits per heavy atom. The Morgan fingerprint density at radius 3 is 2.14 bits per heavy atom. The van der Waals surface area contributed by atoms with E-state index in [1.165, 1.54) is 0 Å². The molecule has 0 aromatic heterocycles. The van der Waals surface area contributed by atoms with Crippen LogP contribution >= 0.6 is 11.6 Å². The molecule has 3 aliphatic carbocycles. The fraction of sp³-hybridized carbons (Fsp3) is 0.909. The molecule has 1 amide bonds. The summed E-state index contributed by atoms with van der Waals surface area (Å²) in [6.45, 7) is 6.30. The fourth-order valence-electron chi connectivity index (χ4n) is 2.43. The van der Waals surface area contributed by atoms with Crippen molar-refractivity contribution in [1.29, 1.82) is 0 Å². The van der Waals surface area contributed by atoms with Crippen LogP contribution in [0.3, 0.4) is 0 Å². The van der Waals surface area contributed by atoms with Crippen molar-refractivity contribution in [3.8, 4) is 0 Å². The van der Waals surface area contributed by atoms with E-state index in [9.17, 15) is 4.79 Å². The largest absolute Gasteiger partial charge is 0.353 e. The molecule has 1 N–H and O–H groups in total. The maximum absolute atomic E-state index is 11.9. The van der Waals surface area contributed by atoms with Crippen LogP contribution in [0.5, 0.6) is 0 Å². The molecule has 3 rings (SSSR count). The minimum Gasteiger partial charge on any atom is -0.353 e. The first-order valence-electron chi connectivity index (χ1n) is 5.37. The van der Waals surface area contributed by atoms with Crippen molar-refractivity contribution < 1.29 is 4.79 Å². The number of hydrogen-bond acceptors (Lipinski definition) is 1. The lowest BCUT2D eigenvalue weighted by molar-refractivity contribution is -0.159. The second-order valence-electron chi connectivity index (χ2n) is 5.47. The average molecular weight is 216 g/mol. The normalized spacial score (nSPS) is 41.2. The number of hydrogen-bond donors (Lipinski definition) is 1. The van der Waals surface area contributed by atoms with Crippen LogP contribution in [0.4, 0.5) is 0 Å². The highest BCUT2D eigenvalue weighted by molar-refractivity contribution is 6.27. The second kappa shape index (κ2) is 2.88. The van der Waals surface area contributed by atoms with Crippen LogP contribution in [-0.2, 0) is 4.79 Å². The maximum Gasteiger partial charge on any atom is 0.226 e. The van der Waals surface area contributed by atoms with Crippen molar-refractivity contribution in [2.75, 3.05) is 0 Å². The molecule has 14 heavy (non-hydrogen) atoms. The van der Waals surface area contributed by atoms with Crippen molar-refractivity contribution in [1.82, 2.24) is 5.32 Å². The van der Waals surface area contributed by atoms with Gasteiger partial charge in [0, 0.05) is 10.9 Å². The summed E-state index contributed by atoms with van der Waals surface area (Å²) >= 11 is 6.12. The molecule has 0 aliphatic heterocycles. The Kier molecular flexibility index (Phi) is 2.11. The predicted octanol–water partition coefficient (Wildman–Crippen LogP) is 2.31. The lowest BCUT2D eigenvalue weighted by Gasteiger charge is -2.66. The topological polar surface area (TPSA) is 29.1 Å². The fourth-order valence-corrected chi connectivity index (χ4v) is 3.20. The Bertz CT molecular complexity index is 255. The van der Waals surface area contributed by atoms with Crippen LogP contribution in [0.1, 0.15) is 40.0 Å². The summed E-state index contributed by atoms with van der Waals surface area (Å²) in [4.78, 5) is 11.9. The van der Waals surface area contributed by atoms with Crippen LogP contribution < -0.4 is 5.32 Å². The lowest BCUT2D eigenvalue weighted by Crippen LogP contribution is -2.70. The Labute approximate surface area is 90.4 Å². The van der Waals surface area contributed by atoms with Gasteiger partial charge in [-0.15, -0.1) is 11.6 Å². The summed E-state index contributed by atoms with van der Waals surface area (Å²) in [6, 6.07) is 0.266. The molecule has 3 fully saturated rings.